The molecule has 0 heterocycles. The summed E-state index contributed by atoms with van der Waals surface area (Å²) in [6, 6.07) is 4.95. The van der Waals surface area contributed by atoms with Crippen LogP contribution in [0.25, 0.3) is 0 Å². The maximum atomic E-state index is 11.9. The number of hydrogen-bond acceptors (Lipinski definition) is 1. The van der Waals surface area contributed by atoms with E-state index in [4.69, 9.17) is 23.2 Å². The summed E-state index contributed by atoms with van der Waals surface area (Å²) in [6.07, 6.45) is 0. The molecule has 0 saturated heterocycles. The quantitative estimate of drug-likeness (QED) is 0.821. The first-order valence-electron chi connectivity index (χ1n) is 5.27. The predicted molar refractivity (Wildman–Crippen MR) is 76.3 cm³/mol. The van der Waals surface area contributed by atoms with E-state index in [1.165, 1.54) is 0 Å². The molecule has 17 heavy (non-hydrogen) atoms. The smallest absolute Gasteiger partial charge is 0.251 e. The minimum Gasteiger partial charge on any atom is -0.348 e. The summed E-state index contributed by atoms with van der Waals surface area (Å²) in [6.45, 7) is 4.11. The topological polar surface area (TPSA) is 29.1 Å². The Morgan fingerprint density at radius 2 is 2.00 bits per heavy atom. The number of alkyl halides is 1. The summed E-state index contributed by atoms with van der Waals surface area (Å²) < 4.78 is 0. The van der Waals surface area contributed by atoms with E-state index in [0.29, 0.717) is 21.5 Å². The molecule has 5 heteroatoms. The van der Waals surface area contributed by atoms with Gasteiger partial charge in [-0.3, -0.25) is 4.79 Å². The van der Waals surface area contributed by atoms with E-state index in [2.05, 4.69) is 35.1 Å². The van der Waals surface area contributed by atoms with Crippen molar-refractivity contribution in [3.63, 3.8) is 0 Å². The molecule has 0 aliphatic rings. The lowest BCUT2D eigenvalue weighted by molar-refractivity contribution is 0.0932. The highest BCUT2D eigenvalue weighted by Crippen LogP contribution is 2.22. The maximum Gasteiger partial charge on any atom is 0.251 e. The lowest BCUT2D eigenvalue weighted by atomic mass is 10.1. The van der Waals surface area contributed by atoms with Gasteiger partial charge in [0.05, 0.1) is 10.0 Å². The monoisotopic (exact) mass is 337 g/mol. The van der Waals surface area contributed by atoms with Crippen molar-refractivity contribution in [3.8, 4) is 0 Å². The van der Waals surface area contributed by atoms with Gasteiger partial charge in [-0.25, -0.2) is 0 Å². The zero-order valence-electron chi connectivity index (χ0n) is 9.64. The molecule has 1 amide bonds. The Morgan fingerprint density at radius 3 is 2.47 bits per heavy atom. The van der Waals surface area contributed by atoms with Crippen LogP contribution in [0.15, 0.2) is 18.2 Å². The normalized spacial score (nSPS) is 12.6. The van der Waals surface area contributed by atoms with Crippen LogP contribution in [0.2, 0.25) is 10.0 Å². The van der Waals surface area contributed by atoms with Crippen molar-refractivity contribution >= 4 is 45.0 Å². The first kappa shape index (κ1) is 14.8. The Hall–Kier alpha value is -0.250. The van der Waals surface area contributed by atoms with Crippen LogP contribution in [0.3, 0.4) is 0 Å². The molecule has 0 aliphatic heterocycles. The van der Waals surface area contributed by atoms with E-state index in [1.54, 1.807) is 18.2 Å². The van der Waals surface area contributed by atoms with E-state index < -0.39 is 0 Å². The van der Waals surface area contributed by atoms with E-state index in [-0.39, 0.29) is 11.9 Å². The van der Waals surface area contributed by atoms with Gasteiger partial charge in [-0.1, -0.05) is 53.0 Å². The molecule has 0 radical (unpaired) electrons. The fourth-order valence-electron chi connectivity index (χ4n) is 1.27. The van der Waals surface area contributed by atoms with Crippen LogP contribution in [0.4, 0.5) is 0 Å². The average Bonchev–Trinajstić information content (AvgIpc) is 2.28. The molecule has 1 aromatic carbocycles. The minimum absolute atomic E-state index is 0.0944. The first-order valence-corrected chi connectivity index (χ1v) is 7.15. The van der Waals surface area contributed by atoms with Crippen LogP contribution < -0.4 is 5.32 Å². The van der Waals surface area contributed by atoms with Gasteiger partial charge in [0.15, 0.2) is 0 Å². The average molecular weight is 339 g/mol. The summed E-state index contributed by atoms with van der Waals surface area (Å²) in [5.74, 6) is 0.225. The molecule has 94 valence electrons. The van der Waals surface area contributed by atoms with Gasteiger partial charge in [-0.15, -0.1) is 0 Å². The molecule has 1 rings (SSSR count). The van der Waals surface area contributed by atoms with Crippen molar-refractivity contribution in [3.05, 3.63) is 33.8 Å². The molecular weight excluding hydrogens is 325 g/mol. The van der Waals surface area contributed by atoms with Crippen LogP contribution in [-0.4, -0.2) is 17.3 Å². The highest BCUT2D eigenvalue weighted by Gasteiger charge is 2.16. The zero-order chi connectivity index (χ0) is 13.0. The number of carbonyl (C=O) groups excluding carboxylic acids is 1. The van der Waals surface area contributed by atoms with Crippen molar-refractivity contribution in [1.29, 1.82) is 0 Å². The fraction of sp³-hybridized carbons (Fsp3) is 0.417. The molecule has 1 N–H and O–H groups in total. The molecule has 0 bridgehead atoms. The van der Waals surface area contributed by atoms with Crippen LogP contribution in [0.1, 0.15) is 24.2 Å². The Kier molecular flexibility index (Phi) is 5.77. The number of hydrogen-bond donors (Lipinski definition) is 1. The molecule has 2 nitrogen and oxygen atoms in total. The summed E-state index contributed by atoms with van der Waals surface area (Å²) in [5, 5.41) is 4.50. The summed E-state index contributed by atoms with van der Waals surface area (Å²) in [4.78, 5) is 11.9. The number of nitrogens with one attached hydrogen (secondary N) is 1. The molecule has 0 fully saturated rings. The van der Waals surface area contributed by atoms with Gasteiger partial charge >= 0.3 is 0 Å². The Labute approximate surface area is 120 Å². The SMILES string of the molecule is CC(C)C(CBr)NC(=O)c1ccc(Cl)c(Cl)c1. The highest BCUT2D eigenvalue weighted by molar-refractivity contribution is 9.09. The van der Waals surface area contributed by atoms with Gasteiger partial charge in [-0.2, -0.15) is 0 Å². The van der Waals surface area contributed by atoms with Crippen molar-refractivity contribution in [2.75, 3.05) is 5.33 Å². The second-order valence-electron chi connectivity index (χ2n) is 4.11. The first-order chi connectivity index (χ1) is 7.95. The fourth-order valence-corrected chi connectivity index (χ4v) is 2.48. The van der Waals surface area contributed by atoms with Crippen LogP contribution in [-0.2, 0) is 0 Å². The number of halogens is 3. The molecule has 0 aromatic heterocycles. The van der Waals surface area contributed by atoms with Gasteiger partial charge in [-0.05, 0) is 24.1 Å². The summed E-state index contributed by atoms with van der Waals surface area (Å²) >= 11 is 15.0. The molecule has 1 atom stereocenters. The van der Waals surface area contributed by atoms with Gasteiger partial charge in [0, 0.05) is 16.9 Å². The predicted octanol–water partition coefficient (Wildman–Crippen LogP) is 4.14. The Morgan fingerprint density at radius 1 is 1.35 bits per heavy atom. The number of carbonyl (C=O) groups is 1. The number of amides is 1. The van der Waals surface area contributed by atoms with Gasteiger partial charge in [0.2, 0.25) is 0 Å². The van der Waals surface area contributed by atoms with Crippen molar-refractivity contribution in [2.45, 2.75) is 19.9 Å². The van der Waals surface area contributed by atoms with Crippen LogP contribution in [0, 0.1) is 5.92 Å². The molecule has 1 aromatic rings. The molecule has 0 spiro atoms. The van der Waals surface area contributed by atoms with E-state index in [0.717, 1.165) is 5.33 Å². The van der Waals surface area contributed by atoms with Crippen molar-refractivity contribution in [1.82, 2.24) is 5.32 Å². The number of rotatable bonds is 4. The molecular formula is C12H14BrCl2NO. The van der Waals surface area contributed by atoms with E-state index >= 15 is 0 Å². The second-order valence-corrected chi connectivity index (χ2v) is 5.57. The summed E-state index contributed by atoms with van der Waals surface area (Å²) in [5.41, 5.74) is 0.519. The van der Waals surface area contributed by atoms with Gasteiger partial charge < -0.3 is 5.32 Å². The molecule has 0 saturated carbocycles. The van der Waals surface area contributed by atoms with Gasteiger partial charge in [0.1, 0.15) is 0 Å². The minimum atomic E-state index is -0.137. The van der Waals surface area contributed by atoms with Crippen molar-refractivity contribution in [2.24, 2.45) is 5.92 Å². The molecule has 1 unspecified atom stereocenters. The third kappa shape index (κ3) is 4.16. The standard InChI is InChI=1S/C12H14BrCl2NO/c1-7(2)11(6-13)16-12(17)8-3-4-9(14)10(15)5-8/h3-5,7,11H,6H2,1-2H3,(H,16,17). The highest BCUT2D eigenvalue weighted by atomic mass is 79.9. The van der Waals surface area contributed by atoms with Crippen LogP contribution in [0.5, 0.6) is 0 Å². The molecule has 0 aliphatic carbocycles. The maximum absolute atomic E-state index is 11.9. The third-order valence-electron chi connectivity index (χ3n) is 2.47. The van der Waals surface area contributed by atoms with E-state index in [1.807, 2.05) is 0 Å². The Bertz CT molecular complexity index is 409. The second kappa shape index (κ2) is 6.62. The Balaban J connectivity index is 2.79. The van der Waals surface area contributed by atoms with Crippen LogP contribution >= 0.6 is 39.1 Å². The number of benzene rings is 1. The zero-order valence-corrected chi connectivity index (χ0v) is 12.7. The van der Waals surface area contributed by atoms with Crippen molar-refractivity contribution < 1.29 is 4.79 Å². The third-order valence-corrected chi connectivity index (χ3v) is 3.91. The lowest BCUT2D eigenvalue weighted by Gasteiger charge is -2.20. The van der Waals surface area contributed by atoms with Gasteiger partial charge in [0.25, 0.3) is 5.91 Å². The lowest BCUT2D eigenvalue weighted by Crippen LogP contribution is -2.39. The largest absolute Gasteiger partial charge is 0.348 e. The van der Waals surface area contributed by atoms with E-state index in [9.17, 15) is 4.79 Å². The summed E-state index contributed by atoms with van der Waals surface area (Å²) in [7, 11) is 0.